The van der Waals surface area contributed by atoms with Crippen molar-refractivity contribution in [1.82, 2.24) is 0 Å². The van der Waals surface area contributed by atoms with Gasteiger partial charge in [-0.05, 0) is 6.42 Å². The number of allylic oxidation sites excluding steroid dienone is 2. The van der Waals surface area contributed by atoms with Crippen molar-refractivity contribution in [2.75, 3.05) is 0 Å². The fourth-order valence-electron chi connectivity index (χ4n) is 1.69. The van der Waals surface area contributed by atoms with E-state index >= 15 is 0 Å². The molecule has 0 bridgehead atoms. The molecule has 0 heteroatoms. The van der Waals surface area contributed by atoms with Crippen molar-refractivity contribution in [2.24, 2.45) is 0 Å². The van der Waals surface area contributed by atoms with E-state index in [2.05, 4.69) is 30.3 Å². The van der Waals surface area contributed by atoms with E-state index in [9.17, 15) is 0 Å². The third-order valence-electron chi connectivity index (χ3n) is 2.32. The van der Waals surface area contributed by atoms with Gasteiger partial charge in [0.25, 0.3) is 0 Å². The van der Waals surface area contributed by atoms with Crippen LogP contribution in [-0.4, -0.2) is 0 Å². The zero-order valence-electron chi connectivity index (χ0n) is 6.72. The van der Waals surface area contributed by atoms with Crippen molar-refractivity contribution in [3.8, 4) is 0 Å². The van der Waals surface area contributed by atoms with E-state index in [0.29, 0.717) is 0 Å². The molecule has 0 spiro atoms. The van der Waals surface area contributed by atoms with Crippen LogP contribution < -0.4 is 0 Å². The van der Waals surface area contributed by atoms with Gasteiger partial charge in [0.2, 0.25) is 0 Å². The van der Waals surface area contributed by atoms with Crippen LogP contribution in [-0.2, 0) is 0 Å². The van der Waals surface area contributed by atoms with Crippen LogP contribution in [0.25, 0.3) is 5.57 Å². The van der Waals surface area contributed by atoms with Gasteiger partial charge >= 0.3 is 0 Å². The molecule has 0 saturated carbocycles. The molecule has 0 amide bonds. The molecule has 11 heavy (non-hydrogen) atoms. The van der Waals surface area contributed by atoms with E-state index in [1.54, 1.807) is 5.57 Å². The summed E-state index contributed by atoms with van der Waals surface area (Å²) in [5, 5.41) is 0. The molecular weight excluding hydrogens is 132 g/mol. The molecule has 0 unspecified atom stereocenters. The van der Waals surface area contributed by atoms with Gasteiger partial charge in [0.05, 0.1) is 0 Å². The Kier molecular flexibility index (Phi) is 1.85. The first-order valence-electron chi connectivity index (χ1n) is 4.38. The summed E-state index contributed by atoms with van der Waals surface area (Å²) < 4.78 is 0. The molecule has 0 radical (unpaired) electrons. The summed E-state index contributed by atoms with van der Waals surface area (Å²) in [4.78, 5) is 0. The third-order valence-corrected chi connectivity index (χ3v) is 2.32. The topological polar surface area (TPSA) is 0 Å². The van der Waals surface area contributed by atoms with Gasteiger partial charge in [-0.3, -0.25) is 0 Å². The summed E-state index contributed by atoms with van der Waals surface area (Å²) in [5.41, 5.74) is 2.99. The molecule has 1 aromatic rings. The Labute approximate surface area is 67.9 Å². The number of rotatable bonds is 1. The highest BCUT2D eigenvalue weighted by atomic mass is 14.1. The fourth-order valence-corrected chi connectivity index (χ4v) is 1.69. The van der Waals surface area contributed by atoms with Gasteiger partial charge in [-0.1, -0.05) is 19.3 Å². The molecule has 0 fully saturated rings. The van der Waals surface area contributed by atoms with E-state index in [4.69, 9.17) is 0 Å². The first-order chi connectivity index (χ1) is 5.47. The molecule has 1 aliphatic carbocycles. The maximum absolute atomic E-state index is 2.39. The van der Waals surface area contributed by atoms with Gasteiger partial charge in [-0.15, -0.1) is 23.3 Å². The Hall–Kier alpha value is -0.910. The Bertz CT molecular complexity index is 239. The summed E-state index contributed by atoms with van der Waals surface area (Å²) in [6, 6.07) is 8.64. The smallest absolute Gasteiger partial charge is 0.0449 e. The van der Waals surface area contributed by atoms with E-state index in [1.165, 1.54) is 31.2 Å². The van der Waals surface area contributed by atoms with Crippen LogP contribution in [0.1, 0.15) is 31.2 Å². The molecule has 0 aliphatic heterocycles. The average molecular weight is 145 g/mol. The van der Waals surface area contributed by atoms with Crippen molar-refractivity contribution in [2.45, 2.75) is 25.7 Å². The minimum Gasteiger partial charge on any atom is -0.174 e. The molecular formula is C11H13-. The predicted octanol–water partition coefficient (Wildman–Crippen LogP) is 3.36. The second-order valence-electron chi connectivity index (χ2n) is 3.15. The van der Waals surface area contributed by atoms with Crippen molar-refractivity contribution in [3.05, 3.63) is 35.9 Å². The van der Waals surface area contributed by atoms with E-state index in [1.807, 2.05) is 0 Å². The van der Waals surface area contributed by atoms with Crippen LogP contribution in [0.3, 0.4) is 0 Å². The SMILES string of the molecule is C1=C([c-]2cccc2)CCCC1. The van der Waals surface area contributed by atoms with Gasteiger partial charge in [0.1, 0.15) is 0 Å². The summed E-state index contributed by atoms with van der Waals surface area (Å²) in [6.07, 6.45) is 7.70. The third kappa shape index (κ3) is 1.40. The largest absolute Gasteiger partial charge is 0.174 e. The van der Waals surface area contributed by atoms with E-state index < -0.39 is 0 Å². The van der Waals surface area contributed by atoms with Crippen LogP contribution >= 0.6 is 0 Å². The van der Waals surface area contributed by atoms with E-state index in [-0.39, 0.29) is 0 Å². The van der Waals surface area contributed by atoms with Gasteiger partial charge in [-0.2, -0.15) is 18.2 Å². The molecule has 0 nitrogen and oxygen atoms in total. The molecule has 1 aromatic carbocycles. The van der Waals surface area contributed by atoms with Crippen LogP contribution in [0.15, 0.2) is 30.3 Å². The molecule has 0 N–H and O–H groups in total. The zero-order valence-corrected chi connectivity index (χ0v) is 6.72. The van der Waals surface area contributed by atoms with Crippen molar-refractivity contribution in [3.63, 3.8) is 0 Å². The number of hydrogen-bond donors (Lipinski definition) is 0. The molecule has 0 atom stereocenters. The molecule has 0 aromatic heterocycles. The first kappa shape index (κ1) is 6.78. The van der Waals surface area contributed by atoms with Crippen LogP contribution in [0, 0.1) is 0 Å². The highest BCUT2D eigenvalue weighted by Gasteiger charge is 1.99. The highest BCUT2D eigenvalue weighted by molar-refractivity contribution is 5.66. The van der Waals surface area contributed by atoms with Gasteiger partial charge in [-0.25, -0.2) is 0 Å². The quantitative estimate of drug-likeness (QED) is 0.531. The standard InChI is InChI=1S/C11H13/c1-2-6-10(7-3-1)11-8-4-5-9-11/h4-6,8-9H,1-3,7H2/q-1. The lowest BCUT2D eigenvalue weighted by Gasteiger charge is -2.15. The molecule has 1 aliphatic rings. The van der Waals surface area contributed by atoms with Crippen molar-refractivity contribution < 1.29 is 0 Å². The molecule has 0 heterocycles. The second kappa shape index (κ2) is 3.00. The maximum Gasteiger partial charge on any atom is -0.0449 e. The zero-order chi connectivity index (χ0) is 7.52. The maximum atomic E-state index is 2.39. The number of hydrogen-bond acceptors (Lipinski definition) is 0. The summed E-state index contributed by atoms with van der Waals surface area (Å²) in [5.74, 6) is 0. The Morgan fingerprint density at radius 3 is 2.55 bits per heavy atom. The Morgan fingerprint density at radius 2 is 1.91 bits per heavy atom. The predicted molar refractivity (Wildman–Crippen MR) is 48.5 cm³/mol. The Morgan fingerprint density at radius 1 is 1.09 bits per heavy atom. The Balaban J connectivity index is 2.22. The van der Waals surface area contributed by atoms with Crippen molar-refractivity contribution in [1.29, 1.82) is 0 Å². The average Bonchev–Trinajstić information content (AvgIpc) is 2.58. The monoisotopic (exact) mass is 145 g/mol. The van der Waals surface area contributed by atoms with Gasteiger partial charge in [0.15, 0.2) is 0 Å². The lowest BCUT2D eigenvalue weighted by molar-refractivity contribution is 0.742. The van der Waals surface area contributed by atoms with Crippen LogP contribution in [0.2, 0.25) is 0 Å². The summed E-state index contributed by atoms with van der Waals surface area (Å²) in [7, 11) is 0. The van der Waals surface area contributed by atoms with Crippen LogP contribution in [0.4, 0.5) is 0 Å². The minimum absolute atomic E-state index is 1.28. The molecule has 58 valence electrons. The van der Waals surface area contributed by atoms with E-state index in [0.717, 1.165) is 0 Å². The molecule has 2 rings (SSSR count). The first-order valence-corrected chi connectivity index (χ1v) is 4.38. The normalized spacial score (nSPS) is 18.0. The van der Waals surface area contributed by atoms with Crippen molar-refractivity contribution >= 4 is 5.57 Å². The van der Waals surface area contributed by atoms with Gasteiger partial charge in [0, 0.05) is 0 Å². The lowest BCUT2D eigenvalue weighted by atomic mass is 9.95. The summed E-state index contributed by atoms with van der Waals surface area (Å²) in [6.45, 7) is 0. The minimum atomic E-state index is 1.28. The highest BCUT2D eigenvalue weighted by Crippen LogP contribution is 2.26. The van der Waals surface area contributed by atoms with Gasteiger partial charge < -0.3 is 0 Å². The molecule has 0 saturated heterocycles. The second-order valence-corrected chi connectivity index (χ2v) is 3.15. The fraction of sp³-hybridized carbons (Fsp3) is 0.364. The van der Waals surface area contributed by atoms with Crippen LogP contribution in [0.5, 0.6) is 0 Å². The lowest BCUT2D eigenvalue weighted by Crippen LogP contribution is -1.89. The summed E-state index contributed by atoms with van der Waals surface area (Å²) >= 11 is 0.